The molecule has 3 rings (SSSR count). The molecule has 1 heterocycles. The van der Waals surface area contributed by atoms with Gasteiger partial charge < -0.3 is 4.90 Å². The van der Waals surface area contributed by atoms with E-state index in [-0.39, 0.29) is 6.04 Å². The third-order valence-corrected chi connectivity index (χ3v) is 6.09. The van der Waals surface area contributed by atoms with E-state index in [4.69, 9.17) is 0 Å². The molecule has 1 N–H and O–H groups in total. The number of sulfonamides is 1. The highest BCUT2D eigenvalue weighted by molar-refractivity contribution is 7.89. The number of hydrogen-bond acceptors (Lipinski definition) is 3. The fourth-order valence-electron chi connectivity index (χ4n) is 3.01. The summed E-state index contributed by atoms with van der Waals surface area (Å²) in [6, 6.07) is 8.06. The Morgan fingerprint density at radius 1 is 1.10 bits per heavy atom. The van der Waals surface area contributed by atoms with Crippen molar-refractivity contribution >= 4 is 10.0 Å². The van der Waals surface area contributed by atoms with Crippen LogP contribution in [0.2, 0.25) is 0 Å². The number of hydrogen-bond donors (Lipinski definition) is 1. The molecule has 21 heavy (non-hydrogen) atoms. The normalized spacial score (nSPS) is 21.6. The highest BCUT2D eigenvalue weighted by Gasteiger charge is 2.32. The molecule has 0 amide bonds. The zero-order chi connectivity index (χ0) is 14.9. The lowest BCUT2D eigenvalue weighted by molar-refractivity contribution is 0.199. The molecule has 0 spiro atoms. The maximum Gasteiger partial charge on any atom is 0.240 e. The molecular formula is C16H24N2O2S. The van der Waals surface area contributed by atoms with Gasteiger partial charge in [-0.3, -0.25) is 0 Å². The van der Waals surface area contributed by atoms with E-state index in [1.54, 1.807) is 12.1 Å². The van der Waals surface area contributed by atoms with Crippen LogP contribution in [0.15, 0.2) is 29.2 Å². The van der Waals surface area contributed by atoms with E-state index < -0.39 is 10.0 Å². The molecule has 1 aliphatic heterocycles. The summed E-state index contributed by atoms with van der Waals surface area (Å²) in [5.74, 6) is 0. The van der Waals surface area contributed by atoms with Crippen molar-refractivity contribution in [3.8, 4) is 0 Å². The maximum absolute atomic E-state index is 12.4. The van der Waals surface area contributed by atoms with Crippen molar-refractivity contribution in [1.82, 2.24) is 9.62 Å². The summed E-state index contributed by atoms with van der Waals surface area (Å²) in [6.45, 7) is 4.11. The van der Waals surface area contributed by atoms with Crippen LogP contribution in [0.3, 0.4) is 0 Å². The van der Waals surface area contributed by atoms with E-state index in [9.17, 15) is 8.42 Å². The Morgan fingerprint density at radius 2 is 1.71 bits per heavy atom. The molecule has 1 aromatic rings. The molecule has 4 nitrogen and oxygen atoms in total. The van der Waals surface area contributed by atoms with Crippen LogP contribution in [-0.2, 0) is 16.4 Å². The van der Waals surface area contributed by atoms with Crippen LogP contribution in [-0.4, -0.2) is 38.5 Å². The van der Waals surface area contributed by atoms with Gasteiger partial charge in [-0.2, -0.15) is 0 Å². The zero-order valence-corrected chi connectivity index (χ0v) is 13.4. The monoisotopic (exact) mass is 308 g/mol. The smallest absolute Gasteiger partial charge is 0.240 e. The van der Waals surface area contributed by atoms with E-state index in [1.165, 1.54) is 12.8 Å². The number of rotatable bonds is 5. The number of piperidine rings is 1. The highest BCUT2D eigenvalue weighted by atomic mass is 32.2. The summed E-state index contributed by atoms with van der Waals surface area (Å²) < 4.78 is 27.7. The van der Waals surface area contributed by atoms with Crippen molar-refractivity contribution in [2.75, 3.05) is 13.1 Å². The van der Waals surface area contributed by atoms with Crippen LogP contribution < -0.4 is 4.72 Å². The lowest BCUT2D eigenvalue weighted by Crippen LogP contribution is -2.45. The number of nitrogens with zero attached hydrogens (tertiary/aromatic N) is 1. The van der Waals surface area contributed by atoms with Crippen molar-refractivity contribution in [2.24, 2.45) is 0 Å². The first kappa shape index (κ1) is 15.0. The van der Waals surface area contributed by atoms with Crippen LogP contribution >= 0.6 is 0 Å². The summed E-state index contributed by atoms with van der Waals surface area (Å²) >= 11 is 0. The lowest BCUT2D eigenvalue weighted by atomic mass is 10.1. The zero-order valence-electron chi connectivity index (χ0n) is 12.6. The average Bonchev–Trinajstić information content (AvgIpc) is 3.32. The topological polar surface area (TPSA) is 49.4 Å². The van der Waals surface area contributed by atoms with Gasteiger partial charge in [0.2, 0.25) is 10.0 Å². The first-order valence-corrected chi connectivity index (χ1v) is 9.42. The second-order valence-electron chi connectivity index (χ2n) is 6.16. The van der Waals surface area contributed by atoms with Crippen molar-refractivity contribution in [2.45, 2.75) is 56.0 Å². The van der Waals surface area contributed by atoms with E-state index in [2.05, 4.69) is 16.5 Å². The summed E-state index contributed by atoms with van der Waals surface area (Å²) in [4.78, 5) is 2.88. The van der Waals surface area contributed by atoms with Gasteiger partial charge >= 0.3 is 0 Å². The third kappa shape index (κ3) is 3.65. The first-order chi connectivity index (χ1) is 10.1. The molecule has 0 aromatic heterocycles. The fourth-order valence-corrected chi connectivity index (χ4v) is 4.32. The molecule has 0 radical (unpaired) electrons. The minimum absolute atomic E-state index is 0.0795. The van der Waals surface area contributed by atoms with Gasteiger partial charge in [-0.25, -0.2) is 13.1 Å². The number of likely N-dealkylation sites (tertiary alicyclic amines) is 1. The Bertz CT molecular complexity index is 571. The van der Waals surface area contributed by atoms with Gasteiger partial charge in [0.05, 0.1) is 4.90 Å². The van der Waals surface area contributed by atoms with Gasteiger partial charge in [0.15, 0.2) is 0 Å². The highest BCUT2D eigenvalue weighted by Crippen LogP contribution is 2.29. The molecule has 0 atom stereocenters. The van der Waals surface area contributed by atoms with Gasteiger partial charge in [-0.15, -0.1) is 0 Å². The molecule has 2 fully saturated rings. The minimum atomic E-state index is -3.38. The molecule has 1 aliphatic carbocycles. The van der Waals surface area contributed by atoms with Gasteiger partial charge in [-0.05, 0) is 62.9 Å². The van der Waals surface area contributed by atoms with Gasteiger partial charge in [-0.1, -0.05) is 19.1 Å². The summed E-state index contributed by atoms with van der Waals surface area (Å²) in [7, 11) is -3.38. The average molecular weight is 308 g/mol. The molecule has 5 heteroatoms. The molecule has 1 saturated heterocycles. The van der Waals surface area contributed by atoms with Gasteiger partial charge in [0.25, 0.3) is 0 Å². The lowest BCUT2D eigenvalue weighted by Gasteiger charge is -2.32. The molecule has 116 valence electrons. The summed E-state index contributed by atoms with van der Waals surface area (Å²) in [6.07, 6.45) is 5.40. The van der Waals surface area contributed by atoms with Crippen LogP contribution in [0.5, 0.6) is 0 Å². The van der Waals surface area contributed by atoms with Crippen LogP contribution in [0.25, 0.3) is 0 Å². The second-order valence-corrected chi connectivity index (χ2v) is 7.87. The molecule has 1 aromatic carbocycles. The Morgan fingerprint density at radius 3 is 2.24 bits per heavy atom. The SMILES string of the molecule is CCc1ccc(S(=O)(=O)NC2CCN(C3CC3)CC2)cc1. The molecular weight excluding hydrogens is 284 g/mol. The second kappa shape index (κ2) is 6.07. The van der Waals surface area contributed by atoms with Crippen LogP contribution in [0.4, 0.5) is 0 Å². The first-order valence-electron chi connectivity index (χ1n) is 7.94. The predicted molar refractivity (Wildman–Crippen MR) is 83.8 cm³/mol. The minimum Gasteiger partial charge on any atom is -0.300 e. The van der Waals surface area contributed by atoms with E-state index >= 15 is 0 Å². The molecule has 2 aliphatic rings. The largest absolute Gasteiger partial charge is 0.300 e. The number of aryl methyl sites for hydroxylation is 1. The van der Waals surface area contributed by atoms with E-state index in [1.807, 2.05) is 12.1 Å². The Balaban J connectivity index is 1.60. The van der Waals surface area contributed by atoms with Gasteiger partial charge in [0.1, 0.15) is 0 Å². The predicted octanol–water partition coefficient (Wildman–Crippen LogP) is 2.15. The quantitative estimate of drug-likeness (QED) is 0.907. The number of nitrogens with one attached hydrogen (secondary N) is 1. The van der Waals surface area contributed by atoms with Gasteiger partial charge in [0, 0.05) is 12.1 Å². The van der Waals surface area contributed by atoms with Crippen LogP contribution in [0, 0.1) is 0 Å². The molecule has 1 saturated carbocycles. The maximum atomic E-state index is 12.4. The van der Waals surface area contributed by atoms with Crippen molar-refractivity contribution < 1.29 is 8.42 Å². The Hall–Kier alpha value is -0.910. The van der Waals surface area contributed by atoms with Crippen LogP contribution in [0.1, 0.15) is 38.2 Å². The van der Waals surface area contributed by atoms with Crippen molar-refractivity contribution in [3.63, 3.8) is 0 Å². The Labute approximate surface area is 127 Å². The Kier molecular flexibility index (Phi) is 4.33. The van der Waals surface area contributed by atoms with E-state index in [0.29, 0.717) is 4.90 Å². The molecule has 0 unspecified atom stereocenters. The summed E-state index contributed by atoms with van der Waals surface area (Å²) in [5, 5.41) is 0. The molecule has 0 bridgehead atoms. The standard InChI is InChI=1S/C16H24N2O2S/c1-2-13-3-7-16(8-4-13)21(19,20)17-14-9-11-18(12-10-14)15-5-6-15/h3-4,7-8,14-15,17H,2,5-6,9-12H2,1H3. The summed E-state index contributed by atoms with van der Waals surface area (Å²) in [5.41, 5.74) is 1.16. The fraction of sp³-hybridized carbons (Fsp3) is 0.625. The van der Waals surface area contributed by atoms with E-state index in [0.717, 1.165) is 44.0 Å². The van der Waals surface area contributed by atoms with Crippen molar-refractivity contribution in [1.29, 1.82) is 0 Å². The van der Waals surface area contributed by atoms with Crippen molar-refractivity contribution in [3.05, 3.63) is 29.8 Å². The third-order valence-electron chi connectivity index (χ3n) is 4.56. The number of benzene rings is 1.